The predicted molar refractivity (Wildman–Crippen MR) is 131 cm³/mol. The molecular formula is C26H26ClN3O2. The molecule has 0 aliphatic carbocycles. The summed E-state index contributed by atoms with van der Waals surface area (Å²) in [5.74, 6) is 0.496. The third kappa shape index (κ3) is 4.79. The lowest BCUT2D eigenvalue weighted by Crippen LogP contribution is -2.40. The zero-order valence-corrected chi connectivity index (χ0v) is 18.8. The van der Waals surface area contributed by atoms with E-state index in [4.69, 9.17) is 16.3 Å². The van der Waals surface area contributed by atoms with Gasteiger partial charge in [0.2, 0.25) is 5.91 Å². The second-order valence-electron chi connectivity index (χ2n) is 7.72. The standard InChI is InChI=1S/C26H26ClN3O2/c1-17(26(31)30-24-14-19(27)12-13-25(24)32-2)28-15-21(18-8-4-3-5-9-18)22-16-29-23-11-7-6-10-20(22)23/h3-14,16-17,21,28-29H,15H2,1-2H3,(H,30,31)/t17-,21+/m1/s1. The van der Waals surface area contributed by atoms with Crippen LogP contribution in [0.1, 0.15) is 24.0 Å². The van der Waals surface area contributed by atoms with E-state index < -0.39 is 6.04 Å². The molecule has 164 valence electrons. The minimum Gasteiger partial charge on any atom is -0.495 e. The molecule has 2 atom stereocenters. The van der Waals surface area contributed by atoms with Gasteiger partial charge in [-0.2, -0.15) is 0 Å². The first-order valence-electron chi connectivity index (χ1n) is 10.6. The number of amides is 1. The number of rotatable bonds is 8. The Kier molecular flexibility index (Phi) is 6.78. The fraction of sp³-hybridized carbons (Fsp3) is 0.192. The largest absolute Gasteiger partial charge is 0.495 e. The topological polar surface area (TPSA) is 66.2 Å². The van der Waals surface area contributed by atoms with E-state index in [1.807, 2.05) is 37.3 Å². The second kappa shape index (κ2) is 9.90. The number of aromatic amines is 1. The van der Waals surface area contributed by atoms with Crippen LogP contribution in [0.25, 0.3) is 10.9 Å². The van der Waals surface area contributed by atoms with Crippen molar-refractivity contribution < 1.29 is 9.53 Å². The zero-order chi connectivity index (χ0) is 22.5. The van der Waals surface area contributed by atoms with Gasteiger partial charge in [0.1, 0.15) is 5.75 Å². The quantitative estimate of drug-likeness (QED) is 0.330. The van der Waals surface area contributed by atoms with E-state index in [-0.39, 0.29) is 11.8 Å². The molecule has 0 aliphatic heterocycles. The van der Waals surface area contributed by atoms with E-state index in [1.165, 1.54) is 16.5 Å². The molecule has 0 unspecified atom stereocenters. The molecule has 4 aromatic rings. The number of methoxy groups -OCH3 is 1. The second-order valence-corrected chi connectivity index (χ2v) is 8.15. The summed E-state index contributed by atoms with van der Waals surface area (Å²) in [4.78, 5) is 16.2. The van der Waals surface area contributed by atoms with Crippen LogP contribution in [-0.4, -0.2) is 30.6 Å². The van der Waals surface area contributed by atoms with Crippen molar-refractivity contribution in [1.82, 2.24) is 10.3 Å². The van der Waals surface area contributed by atoms with Gasteiger partial charge in [0.15, 0.2) is 0 Å². The molecule has 3 aromatic carbocycles. The van der Waals surface area contributed by atoms with Gasteiger partial charge >= 0.3 is 0 Å². The molecule has 0 saturated heterocycles. The minimum absolute atomic E-state index is 0.0864. The first-order chi connectivity index (χ1) is 15.6. The molecule has 6 heteroatoms. The molecule has 0 aliphatic rings. The summed E-state index contributed by atoms with van der Waals surface area (Å²) in [6.07, 6.45) is 2.06. The van der Waals surface area contributed by atoms with Crippen molar-refractivity contribution in [3.05, 3.63) is 95.1 Å². The predicted octanol–water partition coefficient (Wildman–Crippen LogP) is 5.58. The fourth-order valence-electron chi connectivity index (χ4n) is 3.88. The normalized spacial score (nSPS) is 13.0. The molecule has 32 heavy (non-hydrogen) atoms. The van der Waals surface area contributed by atoms with Gasteiger partial charge in [-0.05, 0) is 42.3 Å². The molecule has 4 rings (SSSR count). The number of hydrogen-bond acceptors (Lipinski definition) is 3. The van der Waals surface area contributed by atoms with E-state index in [0.717, 1.165) is 5.52 Å². The Hall–Kier alpha value is -3.28. The van der Waals surface area contributed by atoms with Crippen molar-refractivity contribution in [1.29, 1.82) is 0 Å². The number of carbonyl (C=O) groups excluding carboxylic acids is 1. The van der Waals surface area contributed by atoms with Crippen LogP contribution in [0.15, 0.2) is 79.0 Å². The number of nitrogens with one attached hydrogen (secondary N) is 3. The Balaban J connectivity index is 1.52. The summed E-state index contributed by atoms with van der Waals surface area (Å²) < 4.78 is 5.33. The number of benzene rings is 3. The van der Waals surface area contributed by atoms with Gasteiger partial charge in [-0.25, -0.2) is 0 Å². The maximum atomic E-state index is 12.9. The van der Waals surface area contributed by atoms with Crippen molar-refractivity contribution in [2.75, 3.05) is 19.0 Å². The molecule has 3 N–H and O–H groups in total. The van der Waals surface area contributed by atoms with Gasteiger partial charge in [-0.1, -0.05) is 60.1 Å². The fourth-order valence-corrected chi connectivity index (χ4v) is 4.05. The number of halogens is 1. The Bertz CT molecular complexity index is 1210. The molecule has 1 heterocycles. The summed E-state index contributed by atoms with van der Waals surface area (Å²) in [7, 11) is 1.56. The maximum Gasteiger partial charge on any atom is 0.241 e. The molecule has 0 saturated carbocycles. The van der Waals surface area contributed by atoms with Crippen LogP contribution >= 0.6 is 11.6 Å². The number of aromatic nitrogens is 1. The Labute approximate surface area is 192 Å². The molecular weight excluding hydrogens is 422 g/mol. The third-order valence-electron chi connectivity index (χ3n) is 5.64. The van der Waals surface area contributed by atoms with Crippen LogP contribution in [0, 0.1) is 0 Å². The van der Waals surface area contributed by atoms with Crippen LogP contribution in [0.4, 0.5) is 5.69 Å². The van der Waals surface area contributed by atoms with Gasteiger partial charge in [0, 0.05) is 34.6 Å². The van der Waals surface area contributed by atoms with E-state index >= 15 is 0 Å². The molecule has 0 radical (unpaired) electrons. The molecule has 1 amide bonds. The van der Waals surface area contributed by atoms with Crippen molar-refractivity contribution in [3.63, 3.8) is 0 Å². The van der Waals surface area contributed by atoms with Crippen molar-refractivity contribution in [3.8, 4) is 5.75 Å². The summed E-state index contributed by atoms with van der Waals surface area (Å²) >= 11 is 6.09. The average Bonchev–Trinajstić information content (AvgIpc) is 3.24. The van der Waals surface area contributed by atoms with Gasteiger partial charge in [-0.3, -0.25) is 4.79 Å². The monoisotopic (exact) mass is 447 g/mol. The zero-order valence-electron chi connectivity index (χ0n) is 18.1. The lowest BCUT2D eigenvalue weighted by atomic mass is 9.90. The highest BCUT2D eigenvalue weighted by Gasteiger charge is 2.21. The number of anilines is 1. The van der Waals surface area contributed by atoms with E-state index in [1.54, 1.807) is 25.3 Å². The van der Waals surface area contributed by atoms with E-state index in [9.17, 15) is 4.79 Å². The Morgan fingerprint density at radius 1 is 1.06 bits per heavy atom. The maximum absolute atomic E-state index is 12.9. The number of fused-ring (bicyclic) bond motifs is 1. The number of ether oxygens (including phenoxy) is 1. The van der Waals surface area contributed by atoms with Gasteiger partial charge in [-0.15, -0.1) is 0 Å². The highest BCUT2D eigenvalue weighted by molar-refractivity contribution is 6.31. The van der Waals surface area contributed by atoms with Crippen LogP contribution in [-0.2, 0) is 4.79 Å². The molecule has 5 nitrogen and oxygen atoms in total. The molecule has 0 fully saturated rings. The van der Waals surface area contributed by atoms with Gasteiger partial charge < -0.3 is 20.4 Å². The lowest BCUT2D eigenvalue weighted by Gasteiger charge is -2.21. The first-order valence-corrected chi connectivity index (χ1v) is 10.9. The van der Waals surface area contributed by atoms with Crippen molar-refractivity contribution >= 4 is 34.1 Å². The number of para-hydroxylation sites is 1. The van der Waals surface area contributed by atoms with Crippen LogP contribution in [0.2, 0.25) is 5.02 Å². The number of carbonyl (C=O) groups is 1. The molecule has 1 aromatic heterocycles. The molecule has 0 spiro atoms. The van der Waals surface area contributed by atoms with Crippen molar-refractivity contribution in [2.24, 2.45) is 0 Å². The smallest absolute Gasteiger partial charge is 0.241 e. The highest BCUT2D eigenvalue weighted by Crippen LogP contribution is 2.31. The van der Waals surface area contributed by atoms with E-state index in [0.29, 0.717) is 23.0 Å². The first kappa shape index (κ1) is 21.9. The summed E-state index contributed by atoms with van der Waals surface area (Å²) in [5.41, 5.74) is 4.04. The summed E-state index contributed by atoms with van der Waals surface area (Å²) in [6, 6.07) is 23.3. The number of hydrogen-bond donors (Lipinski definition) is 3. The SMILES string of the molecule is COc1ccc(Cl)cc1NC(=O)[C@@H](C)NC[C@@H](c1ccccc1)c1c[nH]c2ccccc12. The summed E-state index contributed by atoms with van der Waals surface area (Å²) in [6.45, 7) is 2.46. The summed E-state index contributed by atoms with van der Waals surface area (Å²) in [5, 5.41) is 8.04. The Morgan fingerprint density at radius 3 is 2.59 bits per heavy atom. The molecule has 0 bridgehead atoms. The highest BCUT2D eigenvalue weighted by atomic mass is 35.5. The van der Waals surface area contributed by atoms with Gasteiger partial charge in [0.05, 0.1) is 18.8 Å². The number of H-pyrrole nitrogens is 1. The third-order valence-corrected chi connectivity index (χ3v) is 5.87. The van der Waals surface area contributed by atoms with Gasteiger partial charge in [0.25, 0.3) is 0 Å². The average molecular weight is 448 g/mol. The van der Waals surface area contributed by atoms with Crippen molar-refractivity contribution in [2.45, 2.75) is 18.9 Å². The lowest BCUT2D eigenvalue weighted by molar-refractivity contribution is -0.117. The van der Waals surface area contributed by atoms with Crippen LogP contribution < -0.4 is 15.4 Å². The van der Waals surface area contributed by atoms with E-state index in [2.05, 4.69) is 46.1 Å². The van der Waals surface area contributed by atoms with Crippen LogP contribution in [0.5, 0.6) is 5.75 Å². The Morgan fingerprint density at radius 2 is 1.81 bits per heavy atom. The van der Waals surface area contributed by atoms with Crippen LogP contribution in [0.3, 0.4) is 0 Å². The minimum atomic E-state index is -0.421.